The van der Waals surface area contributed by atoms with Gasteiger partial charge in [-0.25, -0.2) is 13.6 Å². The van der Waals surface area contributed by atoms with Crippen LogP contribution in [0.1, 0.15) is 54.6 Å². The van der Waals surface area contributed by atoms with Crippen LogP contribution in [0.2, 0.25) is 0 Å². The molecule has 0 spiro atoms. The molecule has 186 valence electrons. The summed E-state index contributed by atoms with van der Waals surface area (Å²) in [7, 11) is 0. The van der Waals surface area contributed by atoms with Gasteiger partial charge in [0.15, 0.2) is 0 Å². The Kier molecular flexibility index (Phi) is 4.97. The maximum absolute atomic E-state index is 15.6. The lowest BCUT2D eigenvalue weighted by Gasteiger charge is -2.50. The minimum Gasteiger partial charge on any atom is -0.393 e. The standard InChI is InChI=1S/C25H29F2N5O3/c26-17-3-1-2-15(7-17)21-20(22(28)34)18-12-31(4-5-32(18)30-21)23(35)29-25-9-14-6-16(10-25)19(33)11-24(27,8-14)13-25/h1-3,7,14,16,19,33H,4-6,8-13H2,(H2,28,34)(H,29,35). The topological polar surface area (TPSA) is 113 Å². The highest BCUT2D eigenvalue weighted by molar-refractivity contribution is 6.00. The van der Waals surface area contributed by atoms with E-state index in [1.807, 2.05) is 0 Å². The summed E-state index contributed by atoms with van der Waals surface area (Å²) in [6.45, 7) is 0.814. The summed E-state index contributed by atoms with van der Waals surface area (Å²) in [5, 5.41) is 18.2. The molecule has 1 aromatic heterocycles. The van der Waals surface area contributed by atoms with Gasteiger partial charge >= 0.3 is 6.03 Å². The Labute approximate surface area is 201 Å². The molecule has 8 nitrogen and oxygen atoms in total. The molecular weight excluding hydrogens is 456 g/mol. The molecule has 3 amide bonds. The van der Waals surface area contributed by atoms with E-state index < -0.39 is 29.0 Å². The van der Waals surface area contributed by atoms with Gasteiger partial charge in [0.25, 0.3) is 5.91 Å². The molecule has 4 N–H and O–H groups in total. The predicted octanol–water partition coefficient (Wildman–Crippen LogP) is 2.74. The first-order chi connectivity index (χ1) is 16.6. The van der Waals surface area contributed by atoms with Crippen molar-refractivity contribution in [2.45, 2.75) is 68.9 Å². The lowest BCUT2D eigenvalue weighted by molar-refractivity contribution is -0.0000741. The molecule has 5 unspecified atom stereocenters. The number of hydrogen-bond acceptors (Lipinski definition) is 4. The van der Waals surface area contributed by atoms with Crippen LogP contribution in [-0.4, -0.2) is 55.6 Å². The third-order valence-corrected chi connectivity index (χ3v) is 8.38. The van der Waals surface area contributed by atoms with Gasteiger partial charge in [-0.3, -0.25) is 9.48 Å². The van der Waals surface area contributed by atoms with Crippen LogP contribution in [0.25, 0.3) is 11.3 Å². The molecule has 10 heteroatoms. The lowest BCUT2D eigenvalue weighted by atomic mass is 9.62. The maximum atomic E-state index is 15.6. The molecule has 7 rings (SSSR count). The zero-order valence-corrected chi connectivity index (χ0v) is 19.3. The second-order valence-electron chi connectivity index (χ2n) is 11.0. The minimum absolute atomic E-state index is 0.00717. The van der Waals surface area contributed by atoms with E-state index in [4.69, 9.17) is 5.73 Å². The molecule has 4 bridgehead atoms. The zero-order chi connectivity index (χ0) is 24.5. The number of aromatic nitrogens is 2. The summed E-state index contributed by atoms with van der Waals surface area (Å²) in [5.74, 6) is -0.999. The van der Waals surface area contributed by atoms with Crippen molar-refractivity contribution in [1.29, 1.82) is 0 Å². The van der Waals surface area contributed by atoms with Crippen molar-refractivity contribution in [2.75, 3.05) is 6.54 Å². The van der Waals surface area contributed by atoms with Gasteiger partial charge in [0, 0.05) is 30.5 Å². The number of benzene rings is 1. The number of halogens is 2. The number of carbonyl (C=O) groups is 2. The smallest absolute Gasteiger partial charge is 0.318 e. The van der Waals surface area contributed by atoms with Crippen molar-refractivity contribution in [1.82, 2.24) is 20.0 Å². The van der Waals surface area contributed by atoms with Crippen LogP contribution in [0, 0.1) is 17.7 Å². The van der Waals surface area contributed by atoms with E-state index in [0.29, 0.717) is 42.9 Å². The number of aliphatic hydroxyl groups excluding tert-OH is 1. The highest BCUT2D eigenvalue weighted by Gasteiger charge is 2.58. The minimum atomic E-state index is -1.46. The molecule has 5 atom stereocenters. The van der Waals surface area contributed by atoms with Gasteiger partial charge < -0.3 is 21.1 Å². The first-order valence-corrected chi connectivity index (χ1v) is 12.2. The van der Waals surface area contributed by atoms with Crippen LogP contribution in [-0.2, 0) is 13.1 Å². The Morgan fingerprint density at radius 2 is 2.03 bits per heavy atom. The van der Waals surface area contributed by atoms with E-state index in [9.17, 15) is 19.1 Å². The average Bonchev–Trinajstić information content (AvgIpc) is 3.10. The average molecular weight is 486 g/mol. The fourth-order valence-corrected chi connectivity index (χ4v) is 7.26. The molecule has 5 aliphatic rings. The second kappa shape index (κ2) is 7.74. The molecular formula is C25H29F2N5O3. The number of hydrogen-bond donors (Lipinski definition) is 3. The molecule has 1 aliphatic heterocycles. The largest absolute Gasteiger partial charge is 0.393 e. The van der Waals surface area contributed by atoms with Gasteiger partial charge in [-0.05, 0) is 49.7 Å². The number of primary amides is 1. The van der Waals surface area contributed by atoms with Gasteiger partial charge in [0.05, 0.1) is 30.5 Å². The number of urea groups is 1. The molecule has 0 radical (unpaired) electrons. The van der Waals surface area contributed by atoms with E-state index in [-0.39, 0.29) is 42.8 Å². The summed E-state index contributed by atoms with van der Waals surface area (Å²) in [6.07, 6.45) is 2.23. The van der Waals surface area contributed by atoms with Crippen LogP contribution in [0.15, 0.2) is 24.3 Å². The number of alkyl halides is 1. The number of nitrogens with zero attached hydrogens (tertiary/aromatic N) is 3. The molecule has 4 aliphatic carbocycles. The quantitative estimate of drug-likeness (QED) is 0.620. The number of amides is 3. The van der Waals surface area contributed by atoms with Crippen molar-refractivity contribution in [3.05, 3.63) is 41.3 Å². The fourth-order valence-electron chi connectivity index (χ4n) is 7.26. The van der Waals surface area contributed by atoms with Crippen LogP contribution < -0.4 is 11.1 Å². The van der Waals surface area contributed by atoms with Crippen molar-refractivity contribution >= 4 is 11.9 Å². The summed E-state index contributed by atoms with van der Waals surface area (Å²) in [4.78, 5) is 27.4. The van der Waals surface area contributed by atoms with Gasteiger partial charge in [-0.15, -0.1) is 0 Å². The molecule has 4 fully saturated rings. The highest BCUT2D eigenvalue weighted by Crippen LogP contribution is 2.56. The van der Waals surface area contributed by atoms with Crippen molar-refractivity contribution in [2.24, 2.45) is 17.6 Å². The lowest BCUT2D eigenvalue weighted by Crippen LogP contribution is -2.61. The van der Waals surface area contributed by atoms with E-state index >= 15 is 4.39 Å². The van der Waals surface area contributed by atoms with E-state index in [0.717, 1.165) is 12.8 Å². The van der Waals surface area contributed by atoms with Crippen molar-refractivity contribution in [3.63, 3.8) is 0 Å². The number of nitrogens with one attached hydrogen (secondary N) is 1. The Bertz CT molecular complexity index is 1220. The SMILES string of the molecule is NC(=O)c1c(-c2cccc(F)c2)nn2c1CN(C(=O)NC13CC4CC(C1)C(O)CC(F)(C4)C3)CC2. The van der Waals surface area contributed by atoms with Gasteiger partial charge in [-0.2, -0.15) is 5.10 Å². The Morgan fingerprint density at radius 1 is 1.20 bits per heavy atom. The second-order valence-corrected chi connectivity index (χ2v) is 11.0. The Morgan fingerprint density at radius 3 is 2.80 bits per heavy atom. The number of carbonyl (C=O) groups excluding carboxylic acids is 2. The Hall–Kier alpha value is -3.01. The number of rotatable bonds is 3. The highest BCUT2D eigenvalue weighted by atomic mass is 19.1. The number of fused-ring (bicyclic) bond motifs is 2. The summed E-state index contributed by atoms with van der Waals surface area (Å²) >= 11 is 0. The third kappa shape index (κ3) is 3.78. The molecule has 2 heterocycles. The van der Waals surface area contributed by atoms with E-state index in [1.165, 1.54) is 18.2 Å². The van der Waals surface area contributed by atoms with Gasteiger partial charge in [0.2, 0.25) is 0 Å². The first-order valence-electron chi connectivity index (χ1n) is 12.2. The number of aliphatic hydroxyl groups is 1. The third-order valence-electron chi connectivity index (χ3n) is 8.38. The normalized spacial score (nSPS) is 33.3. The predicted molar refractivity (Wildman–Crippen MR) is 122 cm³/mol. The van der Waals surface area contributed by atoms with Crippen LogP contribution >= 0.6 is 0 Å². The summed E-state index contributed by atoms with van der Waals surface area (Å²) in [5.41, 5.74) is 4.96. The monoisotopic (exact) mass is 485 g/mol. The molecule has 2 aromatic rings. The van der Waals surface area contributed by atoms with E-state index in [1.54, 1.807) is 15.6 Å². The Balaban J connectivity index is 1.26. The summed E-state index contributed by atoms with van der Waals surface area (Å²) in [6, 6.07) is 5.48. The van der Waals surface area contributed by atoms with Crippen LogP contribution in [0.4, 0.5) is 13.6 Å². The molecule has 1 aromatic carbocycles. The molecule has 0 saturated heterocycles. The molecule has 35 heavy (non-hydrogen) atoms. The van der Waals surface area contributed by atoms with E-state index in [2.05, 4.69) is 10.4 Å². The van der Waals surface area contributed by atoms with Crippen molar-refractivity contribution in [3.8, 4) is 11.3 Å². The number of nitrogens with two attached hydrogens (primary N) is 1. The first kappa shape index (κ1) is 22.5. The fraction of sp³-hybridized carbons (Fsp3) is 0.560. The van der Waals surface area contributed by atoms with Crippen LogP contribution in [0.5, 0.6) is 0 Å². The van der Waals surface area contributed by atoms with Crippen LogP contribution in [0.3, 0.4) is 0 Å². The van der Waals surface area contributed by atoms with Gasteiger partial charge in [0.1, 0.15) is 17.2 Å². The van der Waals surface area contributed by atoms with Crippen molar-refractivity contribution < 1.29 is 23.5 Å². The zero-order valence-electron chi connectivity index (χ0n) is 19.3. The molecule has 4 saturated carbocycles. The van der Waals surface area contributed by atoms with Gasteiger partial charge in [-0.1, -0.05) is 12.1 Å². The summed E-state index contributed by atoms with van der Waals surface area (Å²) < 4.78 is 31.1. The maximum Gasteiger partial charge on any atom is 0.318 e.